The Morgan fingerprint density at radius 2 is 1.86 bits per heavy atom. The Labute approximate surface area is 86.3 Å². The molecule has 1 unspecified atom stereocenters. The van der Waals surface area contributed by atoms with Crippen LogP contribution in [0.1, 0.15) is 27.2 Å². The van der Waals surface area contributed by atoms with E-state index in [-0.39, 0.29) is 19.3 Å². The fourth-order valence-electron chi connectivity index (χ4n) is 1.33. The minimum absolute atomic E-state index is 0.0591. The zero-order chi connectivity index (χ0) is 11.0. The summed E-state index contributed by atoms with van der Waals surface area (Å²) in [4.78, 5) is 0. The highest BCUT2D eigenvalue weighted by atomic mass is 16.5. The van der Waals surface area contributed by atoms with Crippen LogP contribution in [0.25, 0.3) is 0 Å². The van der Waals surface area contributed by atoms with Gasteiger partial charge >= 0.3 is 0 Å². The number of rotatable bonds is 8. The van der Waals surface area contributed by atoms with Crippen molar-refractivity contribution in [1.82, 2.24) is 5.32 Å². The first kappa shape index (κ1) is 13.8. The molecule has 0 amide bonds. The van der Waals surface area contributed by atoms with Crippen molar-refractivity contribution in [2.45, 2.75) is 38.8 Å². The van der Waals surface area contributed by atoms with Crippen LogP contribution in [0.4, 0.5) is 0 Å². The molecule has 1 atom stereocenters. The Bertz CT molecular complexity index is 129. The Kier molecular flexibility index (Phi) is 7.09. The van der Waals surface area contributed by atoms with Crippen LogP contribution < -0.4 is 5.32 Å². The molecule has 0 aromatic heterocycles. The van der Waals surface area contributed by atoms with E-state index in [4.69, 9.17) is 4.74 Å². The van der Waals surface area contributed by atoms with Gasteiger partial charge in [-0.3, -0.25) is 0 Å². The summed E-state index contributed by atoms with van der Waals surface area (Å²) in [5, 5.41) is 21.6. The lowest BCUT2D eigenvalue weighted by Gasteiger charge is -2.33. The summed E-state index contributed by atoms with van der Waals surface area (Å²) >= 11 is 0. The normalized spacial score (nSPS) is 14.4. The predicted molar refractivity (Wildman–Crippen MR) is 56.3 cm³/mol. The largest absolute Gasteiger partial charge is 0.394 e. The Hall–Kier alpha value is -0.160. The summed E-state index contributed by atoms with van der Waals surface area (Å²) in [7, 11) is 0. The van der Waals surface area contributed by atoms with Crippen molar-refractivity contribution in [3.63, 3.8) is 0 Å². The van der Waals surface area contributed by atoms with Crippen molar-refractivity contribution in [3.8, 4) is 0 Å². The SMILES string of the molecule is CCOCC(C)NC(CC)(CO)CO. The minimum Gasteiger partial charge on any atom is -0.394 e. The van der Waals surface area contributed by atoms with Crippen LogP contribution >= 0.6 is 0 Å². The van der Waals surface area contributed by atoms with E-state index >= 15 is 0 Å². The average Bonchev–Trinajstić information content (AvgIpc) is 2.23. The maximum atomic E-state index is 9.19. The van der Waals surface area contributed by atoms with Crippen molar-refractivity contribution < 1.29 is 14.9 Å². The first-order chi connectivity index (χ1) is 6.64. The molecular weight excluding hydrogens is 182 g/mol. The van der Waals surface area contributed by atoms with Crippen molar-refractivity contribution in [3.05, 3.63) is 0 Å². The number of aliphatic hydroxyl groups excluding tert-OH is 2. The fraction of sp³-hybridized carbons (Fsp3) is 1.00. The summed E-state index contributed by atoms with van der Waals surface area (Å²) in [6.45, 7) is 7.02. The maximum Gasteiger partial charge on any atom is 0.0648 e. The van der Waals surface area contributed by atoms with Crippen molar-refractivity contribution in [1.29, 1.82) is 0 Å². The molecule has 0 saturated carbocycles. The van der Waals surface area contributed by atoms with Gasteiger partial charge in [0, 0.05) is 12.6 Å². The monoisotopic (exact) mass is 205 g/mol. The second-order valence-electron chi connectivity index (χ2n) is 3.65. The van der Waals surface area contributed by atoms with Crippen molar-refractivity contribution in [2.75, 3.05) is 26.4 Å². The van der Waals surface area contributed by atoms with Crippen LogP contribution in [0.3, 0.4) is 0 Å². The molecule has 0 bridgehead atoms. The standard InChI is InChI=1S/C10H23NO3/c1-4-10(7-12,8-13)11-9(3)6-14-5-2/h9,11-13H,4-8H2,1-3H3. The topological polar surface area (TPSA) is 61.7 Å². The molecule has 0 saturated heterocycles. The van der Waals surface area contributed by atoms with Gasteiger partial charge in [-0.15, -0.1) is 0 Å². The molecule has 0 aliphatic heterocycles. The number of ether oxygens (including phenoxy) is 1. The van der Waals surface area contributed by atoms with Gasteiger partial charge < -0.3 is 20.3 Å². The van der Waals surface area contributed by atoms with Gasteiger partial charge in [0.2, 0.25) is 0 Å². The van der Waals surface area contributed by atoms with E-state index in [2.05, 4.69) is 5.32 Å². The number of nitrogens with one attached hydrogen (secondary N) is 1. The average molecular weight is 205 g/mol. The summed E-state index contributed by atoms with van der Waals surface area (Å²) < 4.78 is 5.25. The van der Waals surface area contributed by atoms with Crippen LogP contribution in [-0.4, -0.2) is 48.2 Å². The molecule has 14 heavy (non-hydrogen) atoms. The third-order valence-corrected chi connectivity index (χ3v) is 2.41. The lowest BCUT2D eigenvalue weighted by Crippen LogP contribution is -2.55. The quantitative estimate of drug-likeness (QED) is 0.527. The number of hydrogen-bond acceptors (Lipinski definition) is 4. The Balaban J connectivity index is 4.01. The Morgan fingerprint density at radius 1 is 1.29 bits per heavy atom. The summed E-state index contributed by atoms with van der Waals surface area (Å²) in [6, 6.07) is 0.134. The van der Waals surface area contributed by atoms with Crippen molar-refractivity contribution >= 4 is 0 Å². The van der Waals surface area contributed by atoms with Gasteiger partial charge in [-0.1, -0.05) is 6.92 Å². The molecule has 0 spiro atoms. The molecule has 0 aromatic rings. The molecule has 0 aliphatic rings. The van der Waals surface area contributed by atoms with Gasteiger partial charge in [0.1, 0.15) is 0 Å². The van der Waals surface area contributed by atoms with Gasteiger partial charge in [0.25, 0.3) is 0 Å². The molecule has 0 heterocycles. The molecular formula is C10H23NO3. The minimum atomic E-state index is -0.573. The second-order valence-corrected chi connectivity index (χ2v) is 3.65. The number of aliphatic hydroxyl groups is 2. The summed E-state index contributed by atoms with van der Waals surface area (Å²) in [5.74, 6) is 0. The lowest BCUT2D eigenvalue weighted by molar-refractivity contribution is 0.0569. The first-order valence-electron chi connectivity index (χ1n) is 5.21. The van der Waals surface area contributed by atoms with Gasteiger partial charge in [-0.05, 0) is 20.3 Å². The van der Waals surface area contributed by atoms with Crippen LogP contribution in [0.15, 0.2) is 0 Å². The Morgan fingerprint density at radius 3 is 2.21 bits per heavy atom. The van der Waals surface area contributed by atoms with Gasteiger partial charge in [0.05, 0.1) is 25.4 Å². The molecule has 4 nitrogen and oxygen atoms in total. The van der Waals surface area contributed by atoms with Crippen LogP contribution in [-0.2, 0) is 4.74 Å². The third kappa shape index (κ3) is 4.37. The molecule has 86 valence electrons. The molecule has 0 radical (unpaired) electrons. The molecule has 0 aliphatic carbocycles. The summed E-state index contributed by atoms with van der Waals surface area (Å²) in [6.07, 6.45) is 0.691. The fourth-order valence-corrected chi connectivity index (χ4v) is 1.33. The number of hydrogen-bond donors (Lipinski definition) is 3. The molecule has 4 heteroatoms. The van der Waals surface area contributed by atoms with Crippen LogP contribution in [0.2, 0.25) is 0 Å². The van der Waals surface area contributed by atoms with E-state index in [1.54, 1.807) is 0 Å². The highest BCUT2D eigenvalue weighted by Gasteiger charge is 2.27. The van der Waals surface area contributed by atoms with E-state index in [1.165, 1.54) is 0 Å². The predicted octanol–water partition coefficient (Wildman–Crippen LogP) is 0.134. The smallest absolute Gasteiger partial charge is 0.0648 e. The summed E-state index contributed by atoms with van der Waals surface area (Å²) in [5.41, 5.74) is -0.573. The molecule has 3 N–H and O–H groups in total. The molecule has 0 fully saturated rings. The maximum absolute atomic E-state index is 9.19. The van der Waals surface area contributed by atoms with Crippen molar-refractivity contribution in [2.24, 2.45) is 0 Å². The van der Waals surface area contributed by atoms with E-state index < -0.39 is 5.54 Å². The highest BCUT2D eigenvalue weighted by molar-refractivity contribution is 4.87. The van der Waals surface area contributed by atoms with E-state index in [1.807, 2.05) is 20.8 Å². The van der Waals surface area contributed by atoms with Gasteiger partial charge in [0.15, 0.2) is 0 Å². The highest BCUT2D eigenvalue weighted by Crippen LogP contribution is 2.09. The molecule has 0 aromatic carbocycles. The van der Waals surface area contributed by atoms with E-state index in [9.17, 15) is 10.2 Å². The van der Waals surface area contributed by atoms with Gasteiger partial charge in [-0.2, -0.15) is 0 Å². The third-order valence-electron chi connectivity index (χ3n) is 2.41. The zero-order valence-corrected chi connectivity index (χ0v) is 9.42. The first-order valence-corrected chi connectivity index (χ1v) is 5.21. The second kappa shape index (κ2) is 7.17. The molecule has 0 rings (SSSR count). The van der Waals surface area contributed by atoms with Gasteiger partial charge in [-0.25, -0.2) is 0 Å². The van der Waals surface area contributed by atoms with E-state index in [0.717, 1.165) is 0 Å². The van der Waals surface area contributed by atoms with E-state index in [0.29, 0.717) is 19.6 Å². The zero-order valence-electron chi connectivity index (χ0n) is 9.42. The lowest BCUT2D eigenvalue weighted by atomic mass is 9.97. The van der Waals surface area contributed by atoms with Crippen LogP contribution in [0.5, 0.6) is 0 Å². The van der Waals surface area contributed by atoms with Crippen LogP contribution in [0, 0.1) is 0 Å².